The van der Waals surface area contributed by atoms with Crippen LogP contribution in [0.15, 0.2) is 29.2 Å². The summed E-state index contributed by atoms with van der Waals surface area (Å²) in [6.45, 7) is 3.25. The summed E-state index contributed by atoms with van der Waals surface area (Å²) >= 11 is 0. The second-order valence-electron chi connectivity index (χ2n) is 3.87. The second-order valence-corrected chi connectivity index (χ2v) is 5.55. The van der Waals surface area contributed by atoms with Crippen LogP contribution in [0.2, 0.25) is 0 Å². The molecule has 1 aromatic carbocycles. The van der Waals surface area contributed by atoms with Gasteiger partial charge in [0.15, 0.2) is 0 Å². The van der Waals surface area contributed by atoms with E-state index in [1.165, 1.54) is 24.3 Å². The number of anilines is 1. The Kier molecular flexibility index (Phi) is 5.66. The van der Waals surface area contributed by atoms with Gasteiger partial charge in [0.1, 0.15) is 6.61 Å². The van der Waals surface area contributed by atoms with Crippen molar-refractivity contribution in [2.75, 3.05) is 18.5 Å². The fraction of sp³-hybridized carbons (Fsp3) is 0.333. The van der Waals surface area contributed by atoms with Crippen molar-refractivity contribution in [3.8, 4) is 0 Å². The molecule has 110 valence electrons. The summed E-state index contributed by atoms with van der Waals surface area (Å²) in [7, 11) is -3.86. The van der Waals surface area contributed by atoms with Gasteiger partial charge in [-0.1, -0.05) is 0 Å². The van der Waals surface area contributed by atoms with E-state index in [0.717, 1.165) is 6.92 Å². The molecule has 0 saturated heterocycles. The summed E-state index contributed by atoms with van der Waals surface area (Å²) in [5, 5.41) is 2.55. The van der Waals surface area contributed by atoms with Crippen LogP contribution in [0.1, 0.15) is 13.8 Å². The summed E-state index contributed by atoms with van der Waals surface area (Å²) in [6, 6.07) is 5.44. The number of carbonyl (C=O) groups is 2. The number of ether oxygens (including phenoxy) is 1. The first-order valence-corrected chi connectivity index (χ1v) is 7.34. The predicted molar refractivity (Wildman–Crippen MR) is 72.6 cm³/mol. The van der Waals surface area contributed by atoms with Crippen LogP contribution in [0, 0.1) is 0 Å². The average molecular weight is 300 g/mol. The minimum Gasteiger partial charge on any atom is -0.372 e. The number of benzene rings is 1. The van der Waals surface area contributed by atoms with Gasteiger partial charge < -0.3 is 10.1 Å². The number of rotatable bonds is 6. The standard InChI is InChI=1S/C12H16N2O5S/c1-3-19-8-12(16)13-10-4-6-11(7-5-10)20(17,18)14-9(2)15/h4-7H,3,8H2,1-2H3,(H,13,16)(H,14,15). The van der Waals surface area contributed by atoms with E-state index in [-0.39, 0.29) is 17.4 Å². The van der Waals surface area contributed by atoms with Gasteiger partial charge in [-0.3, -0.25) is 9.59 Å². The maximum Gasteiger partial charge on any atom is 0.264 e. The Hall–Kier alpha value is -1.93. The van der Waals surface area contributed by atoms with Crippen molar-refractivity contribution >= 4 is 27.5 Å². The Morgan fingerprint density at radius 1 is 1.20 bits per heavy atom. The quantitative estimate of drug-likeness (QED) is 0.796. The van der Waals surface area contributed by atoms with Crippen molar-refractivity contribution in [1.29, 1.82) is 0 Å². The lowest BCUT2D eigenvalue weighted by atomic mass is 10.3. The molecule has 2 amide bonds. The van der Waals surface area contributed by atoms with Crippen LogP contribution in [0.5, 0.6) is 0 Å². The smallest absolute Gasteiger partial charge is 0.264 e. The van der Waals surface area contributed by atoms with E-state index < -0.39 is 15.9 Å². The number of sulfonamides is 1. The summed E-state index contributed by atoms with van der Waals surface area (Å²) in [5.41, 5.74) is 0.441. The number of hydrogen-bond donors (Lipinski definition) is 2. The van der Waals surface area contributed by atoms with Crippen molar-refractivity contribution in [1.82, 2.24) is 4.72 Å². The number of amides is 2. The third-order valence-corrected chi connectivity index (χ3v) is 3.61. The normalized spacial score (nSPS) is 10.9. The first kappa shape index (κ1) is 16.1. The van der Waals surface area contributed by atoms with Gasteiger partial charge in [0.25, 0.3) is 10.0 Å². The van der Waals surface area contributed by atoms with Crippen LogP contribution in [-0.2, 0) is 24.3 Å². The molecule has 1 aromatic rings. The van der Waals surface area contributed by atoms with Crippen LogP contribution < -0.4 is 10.0 Å². The fourth-order valence-corrected chi connectivity index (χ4v) is 2.35. The zero-order valence-electron chi connectivity index (χ0n) is 11.2. The van der Waals surface area contributed by atoms with Crippen LogP contribution >= 0.6 is 0 Å². The molecule has 1 rings (SSSR count). The molecule has 0 aliphatic heterocycles. The molecule has 0 aliphatic rings. The van der Waals surface area contributed by atoms with Crippen molar-refractivity contribution in [2.45, 2.75) is 18.7 Å². The molecular weight excluding hydrogens is 284 g/mol. The van der Waals surface area contributed by atoms with Crippen LogP contribution in [-0.4, -0.2) is 33.4 Å². The molecule has 0 saturated carbocycles. The zero-order chi connectivity index (χ0) is 15.2. The van der Waals surface area contributed by atoms with E-state index >= 15 is 0 Å². The lowest BCUT2D eigenvalue weighted by molar-refractivity contribution is -0.120. The van der Waals surface area contributed by atoms with Gasteiger partial charge in [-0.15, -0.1) is 0 Å². The molecule has 0 aliphatic carbocycles. The minimum atomic E-state index is -3.86. The second kappa shape index (κ2) is 7.01. The van der Waals surface area contributed by atoms with Crippen molar-refractivity contribution in [3.05, 3.63) is 24.3 Å². The highest BCUT2D eigenvalue weighted by Crippen LogP contribution is 2.13. The molecule has 0 spiro atoms. The SMILES string of the molecule is CCOCC(=O)Nc1ccc(S(=O)(=O)NC(C)=O)cc1. The molecule has 20 heavy (non-hydrogen) atoms. The highest BCUT2D eigenvalue weighted by atomic mass is 32.2. The van der Waals surface area contributed by atoms with Gasteiger partial charge in [-0.2, -0.15) is 0 Å². The van der Waals surface area contributed by atoms with Crippen molar-refractivity contribution < 1.29 is 22.7 Å². The number of hydrogen-bond acceptors (Lipinski definition) is 5. The predicted octanol–water partition coefficient (Wildman–Crippen LogP) is 0.486. The van der Waals surface area contributed by atoms with Gasteiger partial charge in [0.05, 0.1) is 4.90 Å². The van der Waals surface area contributed by atoms with E-state index in [2.05, 4.69) is 5.32 Å². The Balaban J connectivity index is 2.74. The molecule has 2 N–H and O–H groups in total. The van der Waals surface area contributed by atoms with Gasteiger partial charge in [-0.05, 0) is 31.2 Å². The molecule has 0 radical (unpaired) electrons. The van der Waals surface area contributed by atoms with Crippen LogP contribution in [0.25, 0.3) is 0 Å². The maximum atomic E-state index is 11.7. The molecule has 0 fully saturated rings. The van der Waals surface area contributed by atoms with Gasteiger partial charge >= 0.3 is 0 Å². The van der Waals surface area contributed by atoms with Crippen molar-refractivity contribution in [2.24, 2.45) is 0 Å². The van der Waals surface area contributed by atoms with Gasteiger partial charge in [0, 0.05) is 19.2 Å². The Labute approximate surface area is 117 Å². The molecule has 0 heterocycles. The van der Waals surface area contributed by atoms with Crippen molar-refractivity contribution in [3.63, 3.8) is 0 Å². The Morgan fingerprint density at radius 2 is 1.80 bits per heavy atom. The molecule has 0 atom stereocenters. The first-order valence-electron chi connectivity index (χ1n) is 5.86. The maximum absolute atomic E-state index is 11.7. The number of carbonyl (C=O) groups excluding carboxylic acids is 2. The third kappa shape index (κ3) is 4.98. The summed E-state index contributed by atoms with van der Waals surface area (Å²) in [6.07, 6.45) is 0. The highest BCUT2D eigenvalue weighted by molar-refractivity contribution is 7.90. The Morgan fingerprint density at radius 3 is 2.30 bits per heavy atom. The third-order valence-electron chi connectivity index (χ3n) is 2.16. The average Bonchev–Trinajstić information content (AvgIpc) is 2.35. The van der Waals surface area contributed by atoms with E-state index in [1.807, 2.05) is 4.72 Å². The molecule has 0 aromatic heterocycles. The Bertz CT molecular complexity index is 580. The lowest BCUT2D eigenvalue weighted by Gasteiger charge is -2.07. The van der Waals surface area contributed by atoms with Crippen LogP contribution in [0.4, 0.5) is 5.69 Å². The summed E-state index contributed by atoms with van der Waals surface area (Å²) in [5.74, 6) is -0.997. The topological polar surface area (TPSA) is 102 Å². The van der Waals surface area contributed by atoms with Gasteiger partial charge in [0.2, 0.25) is 11.8 Å². The van der Waals surface area contributed by atoms with E-state index in [4.69, 9.17) is 4.74 Å². The lowest BCUT2D eigenvalue weighted by Crippen LogP contribution is -2.28. The summed E-state index contributed by atoms with van der Waals surface area (Å²) < 4.78 is 30.1. The molecule has 0 unspecified atom stereocenters. The van der Waals surface area contributed by atoms with Crippen LogP contribution in [0.3, 0.4) is 0 Å². The largest absolute Gasteiger partial charge is 0.372 e. The summed E-state index contributed by atoms with van der Waals surface area (Å²) in [4.78, 5) is 22.1. The fourth-order valence-electron chi connectivity index (χ4n) is 1.36. The molecule has 0 bridgehead atoms. The van der Waals surface area contributed by atoms with E-state index in [9.17, 15) is 18.0 Å². The van der Waals surface area contributed by atoms with E-state index in [0.29, 0.717) is 12.3 Å². The molecule has 8 heteroatoms. The van der Waals surface area contributed by atoms with Gasteiger partial charge in [-0.25, -0.2) is 13.1 Å². The number of nitrogens with one attached hydrogen (secondary N) is 2. The van der Waals surface area contributed by atoms with E-state index in [1.54, 1.807) is 6.92 Å². The highest BCUT2D eigenvalue weighted by Gasteiger charge is 2.15. The first-order chi connectivity index (χ1) is 9.35. The zero-order valence-corrected chi connectivity index (χ0v) is 12.0. The molecule has 7 nitrogen and oxygen atoms in total. The minimum absolute atomic E-state index is 0.0597. The molecular formula is C12H16N2O5S. The monoisotopic (exact) mass is 300 g/mol.